The van der Waals surface area contributed by atoms with E-state index in [1.54, 1.807) is 0 Å². The minimum Gasteiger partial charge on any atom is -0.363 e. The molecule has 21 heteroatoms. The molecule has 0 unspecified atom stereocenters. The Morgan fingerprint density at radius 3 is 1.63 bits per heavy atom. The number of halogens is 7. The average molecular weight is 671 g/mol. The van der Waals surface area contributed by atoms with Crippen LogP contribution in [-0.2, 0) is 28.2 Å². The van der Waals surface area contributed by atoms with Gasteiger partial charge in [-0.05, 0) is 30.0 Å². The Hall–Kier alpha value is -3.04. The summed E-state index contributed by atoms with van der Waals surface area (Å²) in [6, 6.07) is 0. The number of hydrogen-bond acceptors (Lipinski definition) is 10. The molecule has 0 radical (unpaired) electrons. The molecule has 14 nitrogen and oxygen atoms in total. The van der Waals surface area contributed by atoms with Crippen molar-refractivity contribution in [3.05, 3.63) is 46.3 Å². The topological polar surface area (TPSA) is 158 Å². The fourth-order valence-corrected chi connectivity index (χ4v) is 3.33. The molecule has 41 heavy (non-hydrogen) atoms. The Labute approximate surface area is 238 Å². The summed E-state index contributed by atoms with van der Waals surface area (Å²) in [6.07, 6.45) is -8.37. The molecule has 2 aromatic heterocycles. The van der Waals surface area contributed by atoms with Gasteiger partial charge < -0.3 is 11.1 Å². The van der Waals surface area contributed by atoms with Gasteiger partial charge in [-0.15, -0.1) is 5.10 Å². The summed E-state index contributed by atoms with van der Waals surface area (Å²) in [5.74, 6) is -0.0741. The second-order valence-electron chi connectivity index (χ2n) is 8.60. The molecule has 2 heterocycles. The zero-order chi connectivity index (χ0) is 32.3. The number of rotatable bonds is 8. The molecule has 0 spiro atoms. The maximum absolute atomic E-state index is 12.1. The first-order chi connectivity index (χ1) is 18.6. The summed E-state index contributed by atoms with van der Waals surface area (Å²) in [5, 5.41) is 9.97. The van der Waals surface area contributed by atoms with Crippen molar-refractivity contribution in [2.45, 2.75) is 12.4 Å². The monoisotopic (exact) mass is 670 g/mol. The van der Waals surface area contributed by atoms with Crippen molar-refractivity contribution in [1.82, 2.24) is 38.5 Å². The highest BCUT2D eigenvalue weighted by atomic mass is 79.9. The van der Waals surface area contributed by atoms with Crippen molar-refractivity contribution in [1.29, 1.82) is 0 Å². The highest BCUT2D eigenvalue weighted by Gasteiger charge is 2.29. The van der Waals surface area contributed by atoms with E-state index in [4.69, 9.17) is 5.73 Å². The van der Waals surface area contributed by atoms with Crippen LogP contribution in [-0.4, -0.2) is 104 Å². The lowest BCUT2D eigenvalue weighted by molar-refractivity contribution is -0.143. The van der Waals surface area contributed by atoms with Gasteiger partial charge in [0.15, 0.2) is 4.60 Å². The zero-order valence-corrected chi connectivity index (χ0v) is 24.8. The van der Waals surface area contributed by atoms with E-state index >= 15 is 0 Å². The average Bonchev–Trinajstić information content (AvgIpc) is 2.82. The summed E-state index contributed by atoms with van der Waals surface area (Å²) < 4.78 is 75.0. The van der Waals surface area contributed by atoms with Gasteiger partial charge in [-0.2, -0.15) is 31.4 Å². The maximum Gasteiger partial charge on any atom is 0.401 e. The fraction of sp³-hybridized carbons (Fsp3) is 0.700. The predicted molar refractivity (Wildman–Crippen MR) is 142 cm³/mol. The van der Waals surface area contributed by atoms with Gasteiger partial charge in [0, 0.05) is 54.4 Å². The van der Waals surface area contributed by atoms with Crippen LogP contribution in [0.1, 0.15) is 0 Å². The van der Waals surface area contributed by atoms with Crippen molar-refractivity contribution in [2.75, 3.05) is 58.7 Å². The maximum atomic E-state index is 12.1. The van der Waals surface area contributed by atoms with Crippen LogP contribution in [0.2, 0.25) is 0 Å². The Morgan fingerprint density at radius 1 is 0.780 bits per heavy atom. The summed E-state index contributed by atoms with van der Waals surface area (Å²) in [7, 11) is 8.27. The van der Waals surface area contributed by atoms with Gasteiger partial charge in [0.1, 0.15) is 0 Å². The van der Waals surface area contributed by atoms with Crippen molar-refractivity contribution >= 4 is 21.7 Å². The van der Waals surface area contributed by atoms with Gasteiger partial charge in [-0.3, -0.25) is 28.5 Å². The molecular formula is C20H33BrF6N10O4. The highest BCUT2D eigenvalue weighted by molar-refractivity contribution is 9.10. The number of nitrogens with one attached hydrogen (secondary N) is 1. The predicted octanol–water partition coefficient (Wildman–Crippen LogP) is -0.934. The third-order valence-electron chi connectivity index (χ3n) is 4.80. The lowest BCUT2D eigenvalue weighted by Gasteiger charge is -2.18. The van der Waals surface area contributed by atoms with Crippen LogP contribution in [0.3, 0.4) is 0 Å². The molecule has 0 atom stereocenters. The Bertz CT molecular complexity index is 1320. The van der Waals surface area contributed by atoms with Crippen LogP contribution < -0.4 is 33.5 Å². The summed E-state index contributed by atoms with van der Waals surface area (Å²) in [5.41, 5.74) is 2.99. The smallest absolute Gasteiger partial charge is 0.363 e. The molecule has 0 saturated carbocycles. The Kier molecular flexibility index (Phi) is 15.2. The molecule has 0 aliphatic carbocycles. The second-order valence-corrected chi connectivity index (χ2v) is 9.35. The number of hydrogen-bond donors (Lipinski definition) is 2. The normalized spacial score (nSPS) is 11.6. The van der Waals surface area contributed by atoms with Crippen molar-refractivity contribution in [3.8, 4) is 0 Å². The highest BCUT2D eigenvalue weighted by Crippen LogP contribution is 2.15. The first-order valence-electron chi connectivity index (χ1n) is 11.5. The van der Waals surface area contributed by atoms with E-state index in [-0.39, 0.29) is 36.6 Å². The Balaban J connectivity index is 0.000000644. The van der Waals surface area contributed by atoms with Crippen molar-refractivity contribution in [2.24, 2.45) is 33.9 Å². The molecule has 2 rings (SSSR count). The molecule has 0 fully saturated rings. The molecule has 236 valence electrons. The van der Waals surface area contributed by atoms with Gasteiger partial charge in [0.25, 0.3) is 11.1 Å². The van der Waals surface area contributed by atoms with Crippen LogP contribution in [0.5, 0.6) is 0 Å². The van der Waals surface area contributed by atoms with Crippen LogP contribution in [0, 0.1) is 0 Å². The van der Waals surface area contributed by atoms with Crippen LogP contribution >= 0.6 is 15.9 Å². The van der Waals surface area contributed by atoms with E-state index < -0.39 is 47.9 Å². The lowest BCUT2D eigenvalue weighted by atomic mass is 10.5. The van der Waals surface area contributed by atoms with Gasteiger partial charge in [0.2, 0.25) is 5.82 Å². The van der Waals surface area contributed by atoms with Crippen molar-refractivity contribution < 1.29 is 26.3 Å². The Morgan fingerprint density at radius 2 is 1.20 bits per heavy atom. The zero-order valence-electron chi connectivity index (χ0n) is 23.2. The van der Waals surface area contributed by atoms with E-state index in [0.717, 1.165) is 28.3 Å². The molecule has 0 saturated heterocycles. The molecule has 0 aromatic carbocycles. The lowest BCUT2D eigenvalue weighted by Crippen LogP contribution is -2.41. The number of nitrogens with zero attached hydrogens (tertiary/aromatic N) is 8. The third-order valence-corrected chi connectivity index (χ3v) is 5.30. The van der Waals surface area contributed by atoms with Gasteiger partial charge >= 0.3 is 23.7 Å². The molecule has 0 bridgehead atoms. The molecule has 2 aromatic rings. The molecule has 0 amide bonds. The van der Waals surface area contributed by atoms with Gasteiger partial charge in [0.05, 0.1) is 13.1 Å². The second kappa shape index (κ2) is 16.4. The third kappa shape index (κ3) is 14.4. The van der Waals surface area contributed by atoms with E-state index in [1.165, 1.54) is 42.3 Å². The van der Waals surface area contributed by atoms with E-state index in [0.29, 0.717) is 0 Å². The summed E-state index contributed by atoms with van der Waals surface area (Å²) in [6.45, 7) is -1.20. The van der Waals surface area contributed by atoms with Crippen LogP contribution in [0.25, 0.3) is 0 Å². The number of aromatic nitrogens is 6. The quantitative estimate of drug-likeness (QED) is 0.336. The van der Waals surface area contributed by atoms with E-state index in [2.05, 4.69) is 31.4 Å². The summed E-state index contributed by atoms with van der Waals surface area (Å²) in [4.78, 5) is 47.2. The largest absolute Gasteiger partial charge is 0.401 e. The summed E-state index contributed by atoms with van der Waals surface area (Å²) >= 11 is 2.93. The van der Waals surface area contributed by atoms with Gasteiger partial charge in [-0.25, -0.2) is 19.0 Å². The van der Waals surface area contributed by atoms with E-state index in [1.807, 2.05) is 0 Å². The van der Waals surface area contributed by atoms with Crippen molar-refractivity contribution in [3.63, 3.8) is 0 Å². The number of alkyl halides is 6. The minimum atomic E-state index is -4.26. The first kappa shape index (κ1) is 38.0. The van der Waals surface area contributed by atoms with E-state index in [9.17, 15) is 45.5 Å². The van der Waals surface area contributed by atoms with Crippen LogP contribution in [0.4, 0.5) is 32.2 Å². The minimum absolute atomic E-state index is 0.0741. The number of nitrogens with two attached hydrogens (primary N) is 1. The van der Waals surface area contributed by atoms with Crippen LogP contribution in [0.15, 0.2) is 23.8 Å². The molecule has 0 aliphatic heterocycles. The molecule has 3 N–H and O–H groups in total. The number of likely N-dealkylation sites (N-methyl/N-ethyl adjacent to an activating group) is 2. The number of anilines is 1. The first-order valence-corrected chi connectivity index (χ1v) is 12.3. The molecular weight excluding hydrogens is 638 g/mol. The standard InChI is InChI=1S/C10H16F3N5O2.C5H6BrN3O2.C5H11F3N2/c1-16(6-10(11,12)13)5-4-14-7-8(19)17(2)9(20)18(3)15-7;1-8-4(10)3(6)7-9(2)5(8)11;1-10(3-2-9)4-5(6,7)8/h4-6H2,1-3H3,(H,14,15);1-2H3;2-4,9H2,1H3. The fourth-order valence-electron chi connectivity index (χ4n) is 2.82. The number of aryl methyl sites for hydroxylation is 2. The SMILES string of the molecule is CN(CCN)CC(F)(F)F.CN(CCNc1nn(C)c(=O)n(C)c1=O)CC(F)(F)F.Cn1nc(Br)c(=O)n(C)c1=O. The molecule has 0 aliphatic rings. The van der Waals surface area contributed by atoms with Gasteiger partial charge in [-0.1, -0.05) is 0 Å².